The number of pyridine rings is 1. The van der Waals surface area contributed by atoms with Gasteiger partial charge in [0.1, 0.15) is 0 Å². The van der Waals surface area contributed by atoms with Crippen LogP contribution in [0.15, 0.2) is 53.9 Å². The number of para-hydroxylation sites is 1. The van der Waals surface area contributed by atoms with Crippen molar-refractivity contribution in [3.05, 3.63) is 54.4 Å². The summed E-state index contributed by atoms with van der Waals surface area (Å²) in [7, 11) is 0. The molecular formula is C20H23N5OS. The van der Waals surface area contributed by atoms with Gasteiger partial charge in [-0.2, -0.15) is 0 Å². The van der Waals surface area contributed by atoms with Gasteiger partial charge in [0.15, 0.2) is 11.0 Å². The fraction of sp³-hybridized carbons (Fsp3) is 0.300. The summed E-state index contributed by atoms with van der Waals surface area (Å²) in [4.78, 5) is 16.2. The zero-order valence-corrected chi connectivity index (χ0v) is 16.4. The first-order chi connectivity index (χ1) is 13.2. The van der Waals surface area contributed by atoms with Gasteiger partial charge < -0.3 is 5.32 Å². The summed E-state index contributed by atoms with van der Waals surface area (Å²) >= 11 is 1.39. The van der Waals surface area contributed by atoms with Crippen molar-refractivity contribution in [1.82, 2.24) is 25.1 Å². The number of nitrogens with one attached hydrogen (secondary N) is 1. The number of rotatable bonds is 8. The maximum absolute atomic E-state index is 12.1. The summed E-state index contributed by atoms with van der Waals surface area (Å²) in [6, 6.07) is 11.9. The molecule has 0 spiro atoms. The molecule has 0 saturated carbocycles. The average molecular weight is 382 g/mol. The molecule has 0 fully saturated rings. The van der Waals surface area contributed by atoms with Crippen molar-refractivity contribution in [3.8, 4) is 17.1 Å². The number of carbonyl (C=O) groups is 1. The third-order valence-electron chi connectivity index (χ3n) is 4.11. The highest BCUT2D eigenvalue weighted by molar-refractivity contribution is 7.99. The molecule has 3 aromatic rings. The number of amides is 1. The summed E-state index contributed by atoms with van der Waals surface area (Å²) in [5.41, 5.74) is 3.05. The minimum absolute atomic E-state index is 0.0123. The van der Waals surface area contributed by atoms with Gasteiger partial charge in [0, 0.05) is 24.5 Å². The van der Waals surface area contributed by atoms with E-state index >= 15 is 0 Å². The van der Waals surface area contributed by atoms with Crippen molar-refractivity contribution >= 4 is 17.7 Å². The molecule has 6 nitrogen and oxygen atoms in total. The topological polar surface area (TPSA) is 72.7 Å². The van der Waals surface area contributed by atoms with Crippen LogP contribution in [0.1, 0.15) is 25.3 Å². The van der Waals surface area contributed by atoms with E-state index in [-0.39, 0.29) is 5.91 Å². The van der Waals surface area contributed by atoms with Gasteiger partial charge in [-0.3, -0.25) is 14.3 Å². The minimum atomic E-state index is 0.0123. The van der Waals surface area contributed by atoms with Crippen molar-refractivity contribution in [2.24, 2.45) is 0 Å². The van der Waals surface area contributed by atoms with Gasteiger partial charge >= 0.3 is 0 Å². The van der Waals surface area contributed by atoms with E-state index in [0.29, 0.717) is 17.5 Å². The van der Waals surface area contributed by atoms with E-state index in [9.17, 15) is 4.79 Å². The van der Waals surface area contributed by atoms with Crippen LogP contribution in [0.5, 0.6) is 0 Å². The molecule has 0 aliphatic carbocycles. The van der Waals surface area contributed by atoms with Crippen LogP contribution < -0.4 is 5.32 Å². The largest absolute Gasteiger partial charge is 0.355 e. The van der Waals surface area contributed by atoms with E-state index in [1.165, 1.54) is 11.8 Å². The van der Waals surface area contributed by atoms with Crippen LogP contribution in [0.4, 0.5) is 0 Å². The summed E-state index contributed by atoms with van der Waals surface area (Å²) in [5, 5.41) is 12.4. The first-order valence-electron chi connectivity index (χ1n) is 9.02. The molecule has 0 atom stereocenters. The Balaban J connectivity index is 1.89. The van der Waals surface area contributed by atoms with Crippen molar-refractivity contribution in [2.45, 2.75) is 31.8 Å². The van der Waals surface area contributed by atoms with Crippen molar-refractivity contribution < 1.29 is 4.79 Å². The predicted octanol–water partition coefficient (Wildman–Crippen LogP) is 3.65. The Labute approximate surface area is 163 Å². The average Bonchev–Trinajstić information content (AvgIpc) is 3.11. The number of unbranched alkanes of at least 4 members (excludes halogenated alkanes) is 1. The highest BCUT2D eigenvalue weighted by atomic mass is 32.2. The molecule has 2 heterocycles. The second-order valence-electron chi connectivity index (χ2n) is 6.16. The number of thioether (sulfide) groups is 1. The molecule has 27 heavy (non-hydrogen) atoms. The minimum Gasteiger partial charge on any atom is -0.355 e. The lowest BCUT2D eigenvalue weighted by molar-refractivity contribution is -0.118. The van der Waals surface area contributed by atoms with Gasteiger partial charge in [-0.15, -0.1) is 10.2 Å². The molecule has 0 unspecified atom stereocenters. The molecular weight excluding hydrogens is 358 g/mol. The quantitative estimate of drug-likeness (QED) is 0.476. The first kappa shape index (κ1) is 19.1. The Morgan fingerprint density at radius 3 is 2.67 bits per heavy atom. The number of nitrogens with zero attached hydrogens (tertiary/aromatic N) is 4. The monoisotopic (exact) mass is 381 g/mol. The van der Waals surface area contributed by atoms with Gasteiger partial charge in [-0.05, 0) is 37.1 Å². The number of aromatic nitrogens is 4. The third-order valence-corrected chi connectivity index (χ3v) is 5.04. The van der Waals surface area contributed by atoms with E-state index in [2.05, 4.69) is 40.4 Å². The lowest BCUT2D eigenvalue weighted by Gasteiger charge is -2.12. The molecule has 0 aliphatic heterocycles. The molecule has 140 valence electrons. The van der Waals surface area contributed by atoms with Gasteiger partial charge in [0.2, 0.25) is 5.91 Å². The fourth-order valence-corrected chi connectivity index (χ4v) is 3.44. The fourth-order valence-electron chi connectivity index (χ4n) is 2.67. The van der Waals surface area contributed by atoms with Gasteiger partial charge in [-0.25, -0.2) is 0 Å². The van der Waals surface area contributed by atoms with Crippen molar-refractivity contribution in [2.75, 3.05) is 12.3 Å². The van der Waals surface area contributed by atoms with Gasteiger partial charge in [-0.1, -0.05) is 43.3 Å². The number of carbonyl (C=O) groups excluding carboxylic acids is 1. The molecule has 0 aliphatic rings. The number of hydrogen-bond acceptors (Lipinski definition) is 5. The van der Waals surface area contributed by atoms with Crippen molar-refractivity contribution in [3.63, 3.8) is 0 Å². The smallest absolute Gasteiger partial charge is 0.230 e. The van der Waals surface area contributed by atoms with Gasteiger partial charge in [0.05, 0.1) is 11.4 Å². The van der Waals surface area contributed by atoms with Crippen LogP contribution >= 0.6 is 11.8 Å². The molecule has 1 aromatic carbocycles. The molecule has 1 N–H and O–H groups in total. The Hall–Kier alpha value is -2.67. The molecule has 0 radical (unpaired) electrons. The van der Waals surface area contributed by atoms with E-state index in [1.54, 1.807) is 12.4 Å². The van der Waals surface area contributed by atoms with E-state index < -0.39 is 0 Å². The van der Waals surface area contributed by atoms with E-state index in [4.69, 9.17) is 0 Å². The third kappa shape index (κ3) is 4.74. The van der Waals surface area contributed by atoms with Crippen LogP contribution in [0.25, 0.3) is 17.1 Å². The molecule has 7 heteroatoms. The number of benzene rings is 1. The number of hydrogen-bond donors (Lipinski definition) is 1. The zero-order chi connectivity index (χ0) is 19.1. The van der Waals surface area contributed by atoms with Crippen LogP contribution in [-0.4, -0.2) is 38.0 Å². The standard InChI is InChI=1S/C20H23N5OS/c1-3-4-11-22-18(26)14-27-20-24-23-19(16-9-12-21-13-10-16)25(20)17-8-6-5-7-15(17)2/h5-10,12-13H,3-4,11,14H2,1-2H3,(H,22,26). The van der Waals surface area contributed by atoms with Crippen LogP contribution in [0, 0.1) is 6.92 Å². The summed E-state index contributed by atoms with van der Waals surface area (Å²) in [6.07, 6.45) is 5.52. The van der Waals surface area contributed by atoms with Crippen molar-refractivity contribution in [1.29, 1.82) is 0 Å². The van der Waals surface area contributed by atoms with E-state index in [1.807, 2.05) is 34.9 Å². The zero-order valence-electron chi connectivity index (χ0n) is 15.6. The summed E-state index contributed by atoms with van der Waals surface area (Å²) < 4.78 is 2.01. The Kier molecular flexibility index (Phi) is 6.59. The molecule has 0 bridgehead atoms. The van der Waals surface area contributed by atoms with Crippen LogP contribution in [0.2, 0.25) is 0 Å². The first-order valence-corrected chi connectivity index (χ1v) is 10.0. The number of aryl methyl sites for hydroxylation is 1. The second kappa shape index (κ2) is 9.32. The summed E-state index contributed by atoms with van der Waals surface area (Å²) in [6.45, 7) is 4.87. The lowest BCUT2D eigenvalue weighted by Crippen LogP contribution is -2.26. The highest BCUT2D eigenvalue weighted by Gasteiger charge is 2.18. The Morgan fingerprint density at radius 2 is 1.93 bits per heavy atom. The normalized spacial score (nSPS) is 10.7. The summed E-state index contributed by atoms with van der Waals surface area (Å²) in [5.74, 6) is 1.06. The second-order valence-corrected chi connectivity index (χ2v) is 7.10. The van der Waals surface area contributed by atoms with E-state index in [0.717, 1.165) is 35.5 Å². The maximum atomic E-state index is 12.1. The predicted molar refractivity (Wildman–Crippen MR) is 108 cm³/mol. The van der Waals surface area contributed by atoms with Crippen LogP contribution in [-0.2, 0) is 4.79 Å². The maximum Gasteiger partial charge on any atom is 0.230 e. The lowest BCUT2D eigenvalue weighted by atomic mass is 10.2. The van der Waals surface area contributed by atoms with Crippen LogP contribution in [0.3, 0.4) is 0 Å². The molecule has 0 saturated heterocycles. The SMILES string of the molecule is CCCCNC(=O)CSc1nnc(-c2ccncc2)n1-c1ccccc1C. The molecule has 2 aromatic heterocycles. The Morgan fingerprint density at radius 1 is 1.15 bits per heavy atom. The molecule has 1 amide bonds. The van der Waals surface area contributed by atoms with Gasteiger partial charge in [0.25, 0.3) is 0 Å². The Bertz CT molecular complexity index is 894. The molecule has 3 rings (SSSR count). The highest BCUT2D eigenvalue weighted by Crippen LogP contribution is 2.29.